The number of benzene rings is 1. The minimum Gasteiger partial charge on any atom is -0.481 e. The summed E-state index contributed by atoms with van der Waals surface area (Å²) < 4.78 is 30.7. The van der Waals surface area contributed by atoms with Gasteiger partial charge < -0.3 is 10.8 Å². The lowest BCUT2D eigenvalue weighted by Crippen LogP contribution is -2.12. The van der Waals surface area contributed by atoms with Gasteiger partial charge in [0, 0.05) is 0 Å². The number of nitrogen functional groups attached to an aromatic ring is 1. The molecule has 1 rings (SSSR count). The molecular weight excluding hydrogens is 234 g/mol. The number of carboxylic acids is 1. The number of hydrogen-bond acceptors (Lipinski definition) is 4. The van der Waals surface area contributed by atoms with Crippen molar-refractivity contribution in [1.29, 1.82) is 0 Å². The van der Waals surface area contributed by atoms with Gasteiger partial charge >= 0.3 is 5.97 Å². The van der Waals surface area contributed by atoms with Crippen molar-refractivity contribution in [3.63, 3.8) is 0 Å². The number of carboxylic acid groups (broad SMARTS) is 1. The quantitative estimate of drug-likeness (QED) is 0.533. The van der Waals surface area contributed by atoms with Crippen molar-refractivity contribution in [3.05, 3.63) is 23.8 Å². The van der Waals surface area contributed by atoms with Crippen LogP contribution in [0.5, 0.6) is 0 Å². The third-order valence-electron chi connectivity index (χ3n) is 2.21. The zero-order chi connectivity index (χ0) is 12.5. The second-order valence-corrected chi connectivity index (χ2v) is 4.68. The van der Waals surface area contributed by atoms with Gasteiger partial charge in [-0.3, -0.25) is 9.35 Å². The van der Waals surface area contributed by atoms with Crippen LogP contribution in [0.1, 0.15) is 18.4 Å². The first-order valence-electron chi connectivity index (χ1n) is 4.34. The Morgan fingerprint density at radius 2 is 2.00 bits per heavy atom. The van der Waals surface area contributed by atoms with E-state index < -0.39 is 26.9 Å². The van der Waals surface area contributed by atoms with Crippen molar-refractivity contribution >= 4 is 21.8 Å². The van der Waals surface area contributed by atoms with Crippen LogP contribution in [0.4, 0.5) is 5.69 Å². The molecule has 0 saturated heterocycles. The van der Waals surface area contributed by atoms with Gasteiger partial charge in [-0.05, 0) is 18.6 Å². The lowest BCUT2D eigenvalue weighted by atomic mass is 10.00. The highest BCUT2D eigenvalue weighted by molar-refractivity contribution is 7.86. The first-order valence-corrected chi connectivity index (χ1v) is 5.78. The summed E-state index contributed by atoms with van der Waals surface area (Å²) in [6.45, 7) is 1.38. The Balaban J connectivity index is 3.41. The highest BCUT2D eigenvalue weighted by Crippen LogP contribution is 2.28. The van der Waals surface area contributed by atoms with E-state index in [0.29, 0.717) is 0 Å². The number of rotatable bonds is 3. The number of para-hydroxylation sites is 1. The van der Waals surface area contributed by atoms with Crippen LogP contribution in [-0.4, -0.2) is 24.0 Å². The number of hydrogen-bond donors (Lipinski definition) is 3. The smallest absolute Gasteiger partial charge is 0.310 e. The minimum atomic E-state index is -4.43. The largest absolute Gasteiger partial charge is 0.481 e. The average Bonchev–Trinajstić information content (AvgIpc) is 2.15. The lowest BCUT2D eigenvalue weighted by Gasteiger charge is -2.12. The van der Waals surface area contributed by atoms with E-state index >= 15 is 0 Å². The summed E-state index contributed by atoms with van der Waals surface area (Å²) in [5.41, 5.74) is 5.42. The van der Waals surface area contributed by atoms with E-state index in [1.807, 2.05) is 0 Å². The first-order chi connectivity index (χ1) is 7.25. The standard InChI is InChI=1S/C9H11NO5S/c1-5(9(11)12)6-3-2-4-7(8(6)10)16(13,14)15/h2-5H,10H2,1H3,(H,11,12)(H,13,14,15). The minimum absolute atomic E-state index is 0.155. The van der Waals surface area contributed by atoms with Crippen molar-refractivity contribution in [2.24, 2.45) is 0 Å². The van der Waals surface area contributed by atoms with E-state index in [-0.39, 0.29) is 11.3 Å². The Hall–Kier alpha value is -1.60. The Bertz CT molecular complexity index is 523. The zero-order valence-electron chi connectivity index (χ0n) is 8.41. The van der Waals surface area contributed by atoms with Crippen LogP contribution in [0.2, 0.25) is 0 Å². The van der Waals surface area contributed by atoms with Gasteiger partial charge in [-0.25, -0.2) is 0 Å². The van der Waals surface area contributed by atoms with Crippen LogP contribution >= 0.6 is 0 Å². The molecule has 0 amide bonds. The third kappa shape index (κ3) is 2.31. The van der Waals surface area contributed by atoms with E-state index in [9.17, 15) is 13.2 Å². The molecule has 4 N–H and O–H groups in total. The second-order valence-electron chi connectivity index (χ2n) is 3.29. The normalized spacial score (nSPS) is 13.4. The second kappa shape index (κ2) is 4.11. The van der Waals surface area contributed by atoms with Crippen LogP contribution in [0.3, 0.4) is 0 Å². The van der Waals surface area contributed by atoms with Gasteiger partial charge in [0.1, 0.15) is 4.90 Å². The predicted molar refractivity (Wildman–Crippen MR) is 56.7 cm³/mol. The average molecular weight is 245 g/mol. The monoisotopic (exact) mass is 245 g/mol. The van der Waals surface area contributed by atoms with Crippen LogP contribution in [0.15, 0.2) is 23.1 Å². The molecule has 1 aromatic carbocycles. The van der Waals surface area contributed by atoms with Crippen molar-refractivity contribution in [2.45, 2.75) is 17.7 Å². The number of carbonyl (C=O) groups is 1. The molecule has 7 heteroatoms. The summed E-state index contributed by atoms with van der Waals surface area (Å²) in [7, 11) is -4.43. The van der Waals surface area contributed by atoms with Gasteiger partial charge in [-0.2, -0.15) is 8.42 Å². The predicted octanol–water partition coefficient (Wildman–Crippen LogP) is 0.704. The van der Waals surface area contributed by atoms with Crippen LogP contribution in [-0.2, 0) is 14.9 Å². The van der Waals surface area contributed by atoms with Crippen molar-refractivity contribution in [3.8, 4) is 0 Å². The topological polar surface area (TPSA) is 118 Å². The van der Waals surface area contributed by atoms with E-state index in [2.05, 4.69) is 0 Å². The fourth-order valence-electron chi connectivity index (χ4n) is 1.30. The van der Waals surface area contributed by atoms with Crippen LogP contribution in [0.25, 0.3) is 0 Å². The molecule has 1 unspecified atom stereocenters. The number of aliphatic carboxylic acids is 1. The molecule has 1 aromatic rings. The fourth-order valence-corrected chi connectivity index (χ4v) is 1.94. The van der Waals surface area contributed by atoms with Crippen molar-refractivity contribution < 1.29 is 22.9 Å². The van der Waals surface area contributed by atoms with Crippen molar-refractivity contribution in [1.82, 2.24) is 0 Å². The molecule has 16 heavy (non-hydrogen) atoms. The molecule has 1 atom stereocenters. The molecule has 0 saturated carbocycles. The van der Waals surface area contributed by atoms with E-state index in [1.54, 1.807) is 0 Å². The Morgan fingerprint density at radius 3 is 2.44 bits per heavy atom. The maximum Gasteiger partial charge on any atom is 0.310 e. The summed E-state index contributed by atoms with van der Waals surface area (Å²) in [5.74, 6) is -2.07. The molecule has 88 valence electrons. The summed E-state index contributed by atoms with van der Waals surface area (Å²) in [6, 6.07) is 3.85. The molecule has 0 aliphatic carbocycles. The molecule has 0 fully saturated rings. The fraction of sp³-hybridized carbons (Fsp3) is 0.222. The molecule has 0 bridgehead atoms. The molecule has 0 aliphatic heterocycles. The Kier molecular flexibility index (Phi) is 3.20. The van der Waals surface area contributed by atoms with Crippen LogP contribution < -0.4 is 5.73 Å². The summed E-state index contributed by atoms with van der Waals surface area (Å²) >= 11 is 0. The SMILES string of the molecule is CC(C(=O)O)c1cccc(S(=O)(=O)O)c1N. The maximum atomic E-state index is 10.9. The maximum absolute atomic E-state index is 10.9. The summed E-state index contributed by atoms with van der Waals surface area (Å²) in [4.78, 5) is 10.3. The van der Waals surface area contributed by atoms with Gasteiger partial charge in [0.2, 0.25) is 0 Å². The zero-order valence-corrected chi connectivity index (χ0v) is 9.23. The number of nitrogens with two attached hydrogens (primary N) is 1. The van der Waals surface area contributed by atoms with E-state index in [1.165, 1.54) is 19.1 Å². The summed E-state index contributed by atoms with van der Waals surface area (Å²) in [6.07, 6.45) is 0. The first kappa shape index (κ1) is 12.5. The lowest BCUT2D eigenvalue weighted by molar-refractivity contribution is -0.138. The van der Waals surface area contributed by atoms with Gasteiger partial charge in [0.05, 0.1) is 11.6 Å². The van der Waals surface area contributed by atoms with E-state index in [4.69, 9.17) is 15.4 Å². The highest BCUT2D eigenvalue weighted by atomic mass is 32.2. The highest BCUT2D eigenvalue weighted by Gasteiger charge is 2.22. The molecular formula is C9H11NO5S. The van der Waals surface area contributed by atoms with Gasteiger partial charge in [0.25, 0.3) is 10.1 Å². The van der Waals surface area contributed by atoms with Gasteiger partial charge in [-0.15, -0.1) is 0 Å². The third-order valence-corrected chi connectivity index (χ3v) is 3.13. The van der Waals surface area contributed by atoms with Crippen LogP contribution in [0, 0.1) is 0 Å². The van der Waals surface area contributed by atoms with Gasteiger partial charge in [-0.1, -0.05) is 12.1 Å². The molecule has 0 aromatic heterocycles. The molecule has 0 radical (unpaired) electrons. The Morgan fingerprint density at radius 1 is 1.44 bits per heavy atom. The molecule has 0 aliphatic rings. The molecule has 0 heterocycles. The molecule has 6 nitrogen and oxygen atoms in total. The summed E-state index contributed by atoms with van der Waals surface area (Å²) in [5, 5.41) is 8.79. The van der Waals surface area contributed by atoms with Crippen molar-refractivity contribution in [2.75, 3.05) is 5.73 Å². The van der Waals surface area contributed by atoms with E-state index in [0.717, 1.165) is 6.07 Å². The van der Waals surface area contributed by atoms with Gasteiger partial charge in [0.15, 0.2) is 0 Å². The Labute approximate surface area is 92.5 Å². The molecule has 0 spiro atoms. The number of anilines is 1.